The van der Waals surface area contributed by atoms with Crippen LogP contribution in [0.25, 0.3) is 0 Å². The molecule has 0 bridgehead atoms. The molecule has 0 aliphatic heterocycles. The van der Waals surface area contributed by atoms with Crippen molar-refractivity contribution in [2.75, 3.05) is 6.54 Å². The summed E-state index contributed by atoms with van der Waals surface area (Å²) in [6, 6.07) is 0.395. The Morgan fingerprint density at radius 3 is 2.74 bits per heavy atom. The predicted octanol–water partition coefficient (Wildman–Crippen LogP) is 2.18. The lowest BCUT2D eigenvalue weighted by Crippen LogP contribution is -2.30. The van der Waals surface area contributed by atoms with Crippen LogP contribution in [0.5, 0.6) is 0 Å². The highest BCUT2D eigenvalue weighted by molar-refractivity contribution is 5.91. The third-order valence-corrected chi connectivity index (χ3v) is 4.48. The molecule has 2 heterocycles. The first-order chi connectivity index (χ1) is 11.2. The highest BCUT2D eigenvalue weighted by Crippen LogP contribution is 2.27. The van der Waals surface area contributed by atoms with Crippen molar-refractivity contribution in [3.63, 3.8) is 0 Å². The summed E-state index contributed by atoms with van der Waals surface area (Å²) in [6.45, 7) is 3.14. The number of carbonyl (C=O) groups excluding carboxylic acids is 1. The standard InChI is InChI=1S/C16H24N6O/c1-3-21(11-13-9-17-20(2)10-13)16(23)15-12-22(19-18-15)14-7-5-4-6-8-14/h9-10,12,14H,3-8,11H2,1-2H3. The Kier molecular flexibility index (Phi) is 4.73. The summed E-state index contributed by atoms with van der Waals surface area (Å²) in [5, 5.41) is 12.4. The molecule has 2 aromatic heterocycles. The first-order valence-corrected chi connectivity index (χ1v) is 8.36. The van der Waals surface area contributed by atoms with Gasteiger partial charge in [0, 0.05) is 31.9 Å². The number of aryl methyl sites for hydroxylation is 1. The first kappa shape index (κ1) is 15.7. The van der Waals surface area contributed by atoms with Crippen LogP contribution >= 0.6 is 0 Å². The molecular weight excluding hydrogens is 292 g/mol. The van der Waals surface area contributed by atoms with Gasteiger partial charge in [0.2, 0.25) is 0 Å². The molecule has 1 amide bonds. The number of rotatable bonds is 5. The van der Waals surface area contributed by atoms with Crippen LogP contribution in [-0.2, 0) is 13.6 Å². The molecular formula is C16H24N6O. The van der Waals surface area contributed by atoms with Crippen molar-refractivity contribution in [2.24, 2.45) is 7.05 Å². The van der Waals surface area contributed by atoms with Crippen LogP contribution in [0.15, 0.2) is 18.6 Å². The fraction of sp³-hybridized carbons (Fsp3) is 0.625. The minimum Gasteiger partial charge on any atom is -0.333 e. The molecule has 0 aromatic carbocycles. The molecule has 0 saturated heterocycles. The van der Waals surface area contributed by atoms with Crippen LogP contribution in [-0.4, -0.2) is 42.1 Å². The maximum atomic E-state index is 12.7. The van der Waals surface area contributed by atoms with Crippen LogP contribution in [0.2, 0.25) is 0 Å². The lowest BCUT2D eigenvalue weighted by molar-refractivity contribution is 0.0746. The van der Waals surface area contributed by atoms with Gasteiger partial charge in [0.15, 0.2) is 5.69 Å². The molecule has 23 heavy (non-hydrogen) atoms. The van der Waals surface area contributed by atoms with Crippen molar-refractivity contribution in [1.82, 2.24) is 29.7 Å². The summed E-state index contributed by atoms with van der Waals surface area (Å²) < 4.78 is 3.62. The molecule has 0 N–H and O–H groups in total. The summed E-state index contributed by atoms with van der Waals surface area (Å²) in [4.78, 5) is 14.4. The SMILES string of the molecule is CCN(Cc1cnn(C)c1)C(=O)c1cn(C2CCCCC2)nn1. The molecule has 1 saturated carbocycles. The van der Waals surface area contributed by atoms with Gasteiger partial charge < -0.3 is 4.90 Å². The second-order valence-electron chi connectivity index (χ2n) is 6.22. The highest BCUT2D eigenvalue weighted by atomic mass is 16.2. The highest BCUT2D eigenvalue weighted by Gasteiger charge is 2.22. The number of hydrogen-bond acceptors (Lipinski definition) is 4. The quantitative estimate of drug-likeness (QED) is 0.848. The van der Waals surface area contributed by atoms with Crippen molar-refractivity contribution in [3.05, 3.63) is 29.8 Å². The van der Waals surface area contributed by atoms with Gasteiger partial charge in [0.1, 0.15) is 0 Å². The Hall–Kier alpha value is -2.18. The molecule has 1 aliphatic carbocycles. The number of aromatic nitrogens is 5. The van der Waals surface area contributed by atoms with Crippen molar-refractivity contribution in [2.45, 2.75) is 51.6 Å². The Morgan fingerprint density at radius 2 is 2.09 bits per heavy atom. The predicted molar refractivity (Wildman–Crippen MR) is 85.8 cm³/mol. The maximum absolute atomic E-state index is 12.7. The number of hydrogen-bond donors (Lipinski definition) is 0. The van der Waals surface area contributed by atoms with E-state index >= 15 is 0 Å². The van der Waals surface area contributed by atoms with Crippen LogP contribution in [0.3, 0.4) is 0 Å². The Morgan fingerprint density at radius 1 is 1.30 bits per heavy atom. The Bertz CT molecular complexity index is 655. The Balaban J connectivity index is 1.69. The van der Waals surface area contributed by atoms with Gasteiger partial charge in [0.05, 0.1) is 18.4 Å². The normalized spacial score (nSPS) is 15.7. The van der Waals surface area contributed by atoms with Gasteiger partial charge in [0.25, 0.3) is 5.91 Å². The largest absolute Gasteiger partial charge is 0.333 e. The fourth-order valence-electron chi connectivity index (χ4n) is 3.16. The zero-order valence-corrected chi connectivity index (χ0v) is 13.9. The molecule has 1 aliphatic rings. The van der Waals surface area contributed by atoms with E-state index in [4.69, 9.17) is 0 Å². The van der Waals surface area contributed by atoms with E-state index in [1.54, 1.807) is 15.8 Å². The molecule has 0 radical (unpaired) electrons. The van der Waals surface area contributed by atoms with E-state index in [-0.39, 0.29) is 5.91 Å². The molecule has 1 fully saturated rings. The zero-order chi connectivity index (χ0) is 16.2. The monoisotopic (exact) mass is 316 g/mol. The molecule has 0 unspecified atom stereocenters. The molecule has 7 nitrogen and oxygen atoms in total. The van der Waals surface area contributed by atoms with E-state index in [0.717, 1.165) is 18.4 Å². The molecule has 2 aromatic rings. The van der Waals surface area contributed by atoms with Crippen LogP contribution < -0.4 is 0 Å². The average molecular weight is 316 g/mol. The minimum absolute atomic E-state index is 0.0709. The first-order valence-electron chi connectivity index (χ1n) is 8.36. The van der Waals surface area contributed by atoms with Gasteiger partial charge in [-0.1, -0.05) is 24.5 Å². The van der Waals surface area contributed by atoms with Gasteiger partial charge in [-0.25, -0.2) is 4.68 Å². The van der Waals surface area contributed by atoms with E-state index in [9.17, 15) is 4.79 Å². The molecule has 0 spiro atoms. The minimum atomic E-state index is -0.0709. The summed E-state index contributed by atoms with van der Waals surface area (Å²) in [6.07, 6.45) is 11.5. The van der Waals surface area contributed by atoms with Gasteiger partial charge in [-0.15, -0.1) is 5.10 Å². The summed E-state index contributed by atoms with van der Waals surface area (Å²) in [7, 11) is 1.87. The van der Waals surface area contributed by atoms with E-state index in [0.29, 0.717) is 24.8 Å². The van der Waals surface area contributed by atoms with Crippen molar-refractivity contribution in [1.29, 1.82) is 0 Å². The molecule has 3 rings (SSSR count). The fourth-order valence-corrected chi connectivity index (χ4v) is 3.16. The van der Waals surface area contributed by atoms with Gasteiger partial charge >= 0.3 is 0 Å². The van der Waals surface area contributed by atoms with Gasteiger partial charge in [-0.3, -0.25) is 9.48 Å². The van der Waals surface area contributed by atoms with Crippen LogP contribution in [0, 0.1) is 0 Å². The van der Waals surface area contributed by atoms with E-state index < -0.39 is 0 Å². The summed E-state index contributed by atoms with van der Waals surface area (Å²) in [5.74, 6) is -0.0709. The smallest absolute Gasteiger partial charge is 0.276 e. The number of nitrogens with zero attached hydrogens (tertiary/aromatic N) is 6. The number of carbonyl (C=O) groups is 1. The molecule has 0 atom stereocenters. The lowest BCUT2D eigenvalue weighted by atomic mass is 9.96. The number of amides is 1. The van der Waals surface area contributed by atoms with Crippen LogP contribution in [0.1, 0.15) is 61.1 Å². The van der Waals surface area contributed by atoms with E-state index in [2.05, 4.69) is 15.4 Å². The topological polar surface area (TPSA) is 68.8 Å². The van der Waals surface area contributed by atoms with Crippen molar-refractivity contribution in [3.8, 4) is 0 Å². The molecule has 7 heteroatoms. The van der Waals surface area contributed by atoms with E-state index in [1.165, 1.54) is 19.3 Å². The van der Waals surface area contributed by atoms with E-state index in [1.807, 2.05) is 31.0 Å². The van der Waals surface area contributed by atoms with Crippen molar-refractivity contribution >= 4 is 5.91 Å². The second kappa shape index (κ2) is 6.93. The maximum Gasteiger partial charge on any atom is 0.276 e. The third kappa shape index (κ3) is 3.60. The van der Waals surface area contributed by atoms with Gasteiger partial charge in [-0.05, 0) is 19.8 Å². The second-order valence-corrected chi connectivity index (χ2v) is 6.22. The summed E-state index contributed by atoms with van der Waals surface area (Å²) >= 11 is 0. The van der Waals surface area contributed by atoms with Crippen LogP contribution in [0.4, 0.5) is 0 Å². The van der Waals surface area contributed by atoms with Gasteiger partial charge in [-0.2, -0.15) is 5.10 Å². The molecule has 124 valence electrons. The summed E-state index contributed by atoms with van der Waals surface area (Å²) in [5.41, 5.74) is 1.45. The third-order valence-electron chi connectivity index (χ3n) is 4.48. The zero-order valence-electron chi connectivity index (χ0n) is 13.9. The lowest BCUT2D eigenvalue weighted by Gasteiger charge is -2.21. The Labute approximate surface area is 136 Å². The van der Waals surface area contributed by atoms with Crippen molar-refractivity contribution < 1.29 is 4.79 Å². The average Bonchev–Trinajstić information content (AvgIpc) is 3.22.